The van der Waals surface area contributed by atoms with E-state index in [1.165, 1.54) is 5.56 Å². The number of nitrogens with zero attached hydrogens (tertiary/aromatic N) is 1. The maximum Gasteiger partial charge on any atom is 0.344 e. The monoisotopic (exact) mass is 338 g/mol. The van der Waals surface area contributed by atoms with Crippen molar-refractivity contribution in [2.24, 2.45) is 0 Å². The maximum absolute atomic E-state index is 11.8. The molecule has 128 valence electrons. The summed E-state index contributed by atoms with van der Waals surface area (Å²) in [6.07, 6.45) is 0.917. The Bertz CT molecular complexity index is 779. The summed E-state index contributed by atoms with van der Waals surface area (Å²) in [6.45, 7) is 1.26. The molecule has 0 fully saturated rings. The number of aryl methyl sites for hydroxylation is 1. The van der Waals surface area contributed by atoms with Crippen LogP contribution in [-0.4, -0.2) is 25.1 Å². The Kier molecular flexibility index (Phi) is 6.55. The van der Waals surface area contributed by atoms with E-state index in [0.717, 1.165) is 6.42 Å². The zero-order chi connectivity index (χ0) is 18.1. The molecule has 0 saturated carbocycles. The molecule has 0 unspecified atom stereocenters. The number of hydrogen-bond donors (Lipinski definition) is 1. The summed E-state index contributed by atoms with van der Waals surface area (Å²) in [6, 6.07) is 15.9. The van der Waals surface area contributed by atoms with E-state index >= 15 is 0 Å². The fourth-order valence-corrected chi connectivity index (χ4v) is 2.03. The van der Waals surface area contributed by atoms with Crippen molar-refractivity contribution < 1.29 is 19.1 Å². The normalized spacial score (nSPS) is 9.76. The third-order valence-corrected chi connectivity index (χ3v) is 3.36. The maximum atomic E-state index is 11.8. The Morgan fingerprint density at radius 3 is 2.48 bits per heavy atom. The van der Waals surface area contributed by atoms with Gasteiger partial charge in [0.15, 0.2) is 13.2 Å². The minimum absolute atomic E-state index is 0.294. The SMILES string of the molecule is CCc1ccc(NC(=O)COC(=O)COc2ccccc2C#N)cc1. The predicted molar refractivity (Wildman–Crippen MR) is 92.1 cm³/mol. The lowest BCUT2D eigenvalue weighted by Crippen LogP contribution is -2.23. The predicted octanol–water partition coefficient (Wildman–Crippen LogP) is 2.68. The molecule has 1 amide bonds. The lowest BCUT2D eigenvalue weighted by molar-refractivity contribution is -0.149. The highest BCUT2D eigenvalue weighted by atomic mass is 16.6. The molecule has 0 aromatic heterocycles. The molecule has 0 atom stereocenters. The second-order valence-corrected chi connectivity index (χ2v) is 5.16. The number of benzene rings is 2. The summed E-state index contributed by atoms with van der Waals surface area (Å²) < 4.78 is 10.1. The molecular formula is C19H18N2O4. The molecular weight excluding hydrogens is 320 g/mol. The van der Waals surface area contributed by atoms with E-state index in [9.17, 15) is 9.59 Å². The number of nitrogens with one attached hydrogen (secondary N) is 1. The van der Waals surface area contributed by atoms with Gasteiger partial charge < -0.3 is 14.8 Å². The van der Waals surface area contributed by atoms with E-state index in [1.807, 2.05) is 25.1 Å². The van der Waals surface area contributed by atoms with Gasteiger partial charge in [0, 0.05) is 5.69 Å². The highest BCUT2D eigenvalue weighted by Gasteiger charge is 2.10. The number of ether oxygens (including phenoxy) is 2. The number of esters is 1. The molecule has 0 spiro atoms. The van der Waals surface area contributed by atoms with Gasteiger partial charge in [0.05, 0.1) is 5.56 Å². The van der Waals surface area contributed by atoms with Gasteiger partial charge in [-0.3, -0.25) is 4.79 Å². The van der Waals surface area contributed by atoms with Crippen LogP contribution in [0.3, 0.4) is 0 Å². The van der Waals surface area contributed by atoms with E-state index in [-0.39, 0.29) is 6.61 Å². The number of anilines is 1. The van der Waals surface area contributed by atoms with Crippen LogP contribution in [0.5, 0.6) is 5.75 Å². The Labute approximate surface area is 146 Å². The Morgan fingerprint density at radius 2 is 1.80 bits per heavy atom. The van der Waals surface area contributed by atoms with Crippen LogP contribution >= 0.6 is 0 Å². The van der Waals surface area contributed by atoms with Crippen molar-refractivity contribution in [3.8, 4) is 11.8 Å². The van der Waals surface area contributed by atoms with Crippen LogP contribution < -0.4 is 10.1 Å². The minimum Gasteiger partial charge on any atom is -0.481 e. The highest BCUT2D eigenvalue weighted by molar-refractivity contribution is 5.92. The third-order valence-electron chi connectivity index (χ3n) is 3.36. The summed E-state index contributed by atoms with van der Waals surface area (Å²) in [5.74, 6) is -0.832. The first kappa shape index (κ1) is 18.0. The molecule has 6 nitrogen and oxygen atoms in total. The van der Waals surface area contributed by atoms with Gasteiger partial charge in [0.2, 0.25) is 0 Å². The molecule has 6 heteroatoms. The number of para-hydroxylation sites is 1. The topological polar surface area (TPSA) is 88.4 Å². The lowest BCUT2D eigenvalue weighted by atomic mass is 10.1. The van der Waals surface area contributed by atoms with Gasteiger partial charge in [-0.1, -0.05) is 31.2 Å². The molecule has 0 bridgehead atoms. The van der Waals surface area contributed by atoms with Crippen LogP contribution in [0.15, 0.2) is 48.5 Å². The van der Waals surface area contributed by atoms with Crippen LogP contribution in [0.2, 0.25) is 0 Å². The van der Waals surface area contributed by atoms with E-state index in [4.69, 9.17) is 14.7 Å². The van der Waals surface area contributed by atoms with Crippen LogP contribution in [0.1, 0.15) is 18.1 Å². The van der Waals surface area contributed by atoms with Gasteiger partial charge in [-0.05, 0) is 36.2 Å². The summed E-state index contributed by atoms with van der Waals surface area (Å²) in [5.41, 5.74) is 2.13. The van der Waals surface area contributed by atoms with Crippen molar-refractivity contribution in [3.63, 3.8) is 0 Å². The largest absolute Gasteiger partial charge is 0.481 e. The van der Waals surface area contributed by atoms with Crippen LogP contribution in [-0.2, 0) is 20.7 Å². The number of amides is 1. The molecule has 2 aromatic rings. The van der Waals surface area contributed by atoms with E-state index in [1.54, 1.807) is 36.4 Å². The summed E-state index contributed by atoms with van der Waals surface area (Å²) in [7, 11) is 0. The second kappa shape index (κ2) is 9.08. The molecule has 2 aromatic carbocycles. The number of hydrogen-bond acceptors (Lipinski definition) is 5. The second-order valence-electron chi connectivity index (χ2n) is 5.16. The van der Waals surface area contributed by atoms with E-state index < -0.39 is 18.5 Å². The summed E-state index contributed by atoms with van der Waals surface area (Å²) in [4.78, 5) is 23.4. The molecule has 0 radical (unpaired) electrons. The third kappa shape index (κ3) is 5.66. The average Bonchev–Trinajstić information content (AvgIpc) is 2.65. The average molecular weight is 338 g/mol. The number of carbonyl (C=O) groups excluding carboxylic acids is 2. The molecule has 0 aliphatic rings. The van der Waals surface area contributed by atoms with Gasteiger partial charge >= 0.3 is 5.97 Å². The molecule has 2 rings (SSSR count). The van der Waals surface area contributed by atoms with E-state index in [2.05, 4.69) is 5.32 Å². The first-order valence-electron chi connectivity index (χ1n) is 7.78. The molecule has 0 aliphatic carbocycles. The number of rotatable bonds is 7. The first-order valence-corrected chi connectivity index (χ1v) is 7.78. The molecule has 0 heterocycles. The zero-order valence-electron chi connectivity index (χ0n) is 13.8. The van der Waals surface area contributed by atoms with Crippen molar-refractivity contribution in [1.82, 2.24) is 0 Å². The lowest BCUT2D eigenvalue weighted by Gasteiger charge is -2.09. The van der Waals surface area contributed by atoms with Crippen molar-refractivity contribution >= 4 is 17.6 Å². The zero-order valence-corrected chi connectivity index (χ0v) is 13.8. The van der Waals surface area contributed by atoms with Crippen LogP contribution in [0.4, 0.5) is 5.69 Å². The van der Waals surface area contributed by atoms with Gasteiger partial charge in [0.1, 0.15) is 11.8 Å². The highest BCUT2D eigenvalue weighted by Crippen LogP contribution is 2.16. The fourth-order valence-electron chi connectivity index (χ4n) is 2.03. The van der Waals surface area contributed by atoms with E-state index in [0.29, 0.717) is 17.0 Å². The molecule has 0 aliphatic heterocycles. The van der Waals surface area contributed by atoms with Crippen LogP contribution in [0.25, 0.3) is 0 Å². The van der Waals surface area contributed by atoms with Crippen molar-refractivity contribution in [2.45, 2.75) is 13.3 Å². The van der Waals surface area contributed by atoms with Crippen molar-refractivity contribution in [2.75, 3.05) is 18.5 Å². The summed E-state index contributed by atoms with van der Waals surface area (Å²) in [5, 5.41) is 11.6. The minimum atomic E-state index is -0.691. The Hall–Kier alpha value is -3.33. The first-order chi connectivity index (χ1) is 12.1. The number of carbonyl (C=O) groups is 2. The molecule has 1 N–H and O–H groups in total. The van der Waals surface area contributed by atoms with Crippen molar-refractivity contribution in [3.05, 3.63) is 59.7 Å². The Morgan fingerprint density at radius 1 is 1.08 bits per heavy atom. The van der Waals surface area contributed by atoms with Crippen LogP contribution in [0, 0.1) is 11.3 Å². The fraction of sp³-hybridized carbons (Fsp3) is 0.211. The standard InChI is InChI=1S/C19H18N2O4/c1-2-14-7-9-16(10-8-14)21-18(22)12-25-19(23)13-24-17-6-4-3-5-15(17)11-20/h3-10H,2,12-13H2,1H3,(H,21,22). The summed E-state index contributed by atoms with van der Waals surface area (Å²) >= 11 is 0. The smallest absolute Gasteiger partial charge is 0.344 e. The van der Waals surface area contributed by atoms with Gasteiger partial charge in [0.25, 0.3) is 5.91 Å². The number of nitriles is 1. The Balaban J connectivity index is 1.75. The van der Waals surface area contributed by atoms with Gasteiger partial charge in [-0.15, -0.1) is 0 Å². The molecule has 25 heavy (non-hydrogen) atoms. The quantitative estimate of drug-likeness (QED) is 0.784. The van der Waals surface area contributed by atoms with Gasteiger partial charge in [-0.25, -0.2) is 4.79 Å². The molecule has 0 saturated heterocycles. The van der Waals surface area contributed by atoms with Crippen molar-refractivity contribution in [1.29, 1.82) is 5.26 Å². The van der Waals surface area contributed by atoms with Gasteiger partial charge in [-0.2, -0.15) is 5.26 Å².